The van der Waals surface area contributed by atoms with Gasteiger partial charge in [0.2, 0.25) is 11.8 Å². The van der Waals surface area contributed by atoms with Crippen molar-refractivity contribution in [1.82, 2.24) is 0 Å². The second-order valence-corrected chi connectivity index (χ2v) is 10.7. The van der Waals surface area contributed by atoms with Crippen molar-refractivity contribution in [3.05, 3.63) is 138 Å². The van der Waals surface area contributed by atoms with Crippen LogP contribution < -0.4 is 14.4 Å². The average molecular weight is 664 g/mol. The van der Waals surface area contributed by atoms with E-state index in [1.165, 1.54) is 17.1 Å². The first-order chi connectivity index (χ1) is 21.8. The van der Waals surface area contributed by atoms with Crippen molar-refractivity contribution in [1.29, 1.82) is 0 Å². The average Bonchev–Trinajstić information content (AvgIpc) is 3.28. The lowest BCUT2D eigenvalue weighted by Crippen LogP contribution is -2.31. The van der Waals surface area contributed by atoms with E-state index in [1.54, 1.807) is 55.5 Å². The Bertz CT molecular complexity index is 1710. The summed E-state index contributed by atoms with van der Waals surface area (Å²) in [6.07, 6.45) is 6.69. The van der Waals surface area contributed by atoms with Crippen molar-refractivity contribution in [2.24, 2.45) is 11.8 Å². The van der Waals surface area contributed by atoms with Crippen LogP contribution >= 0.6 is 0 Å². The Morgan fingerprint density at radius 3 is 1.51 bits per heavy atom. The minimum atomic E-state index is -0.565. The number of carbonyl (C=O) groups excluding carboxylic acids is 4. The van der Waals surface area contributed by atoms with Gasteiger partial charge in [-0.05, 0) is 77.6 Å². The zero-order valence-corrected chi connectivity index (χ0v) is 25.0. The Labute approximate surface area is 291 Å². The van der Waals surface area contributed by atoms with E-state index in [0.717, 1.165) is 16.7 Å². The minimum absolute atomic E-state index is 0. The summed E-state index contributed by atoms with van der Waals surface area (Å²) in [6, 6.07) is 32.2. The van der Waals surface area contributed by atoms with Gasteiger partial charge in [-0.1, -0.05) is 116 Å². The van der Waals surface area contributed by atoms with Crippen LogP contribution in [0.5, 0.6) is 11.5 Å². The molecule has 0 N–H and O–H groups in total. The first kappa shape index (κ1) is 41.5. The number of rotatable bonds is 10. The highest BCUT2D eigenvalue weighted by Gasteiger charge is 2.49. The third-order valence-electron chi connectivity index (χ3n) is 7.79. The fourth-order valence-corrected chi connectivity index (χ4v) is 5.50. The maximum absolute atomic E-state index is 13.7. The Morgan fingerprint density at radius 2 is 1.08 bits per heavy atom. The molecule has 0 aromatic heterocycles. The van der Waals surface area contributed by atoms with E-state index < -0.39 is 23.8 Å². The van der Waals surface area contributed by atoms with Crippen molar-refractivity contribution >= 4 is 41.6 Å². The van der Waals surface area contributed by atoms with Crippen LogP contribution in [-0.4, -0.2) is 23.8 Å². The van der Waals surface area contributed by atoms with Crippen LogP contribution in [0.1, 0.15) is 72.6 Å². The van der Waals surface area contributed by atoms with E-state index in [4.69, 9.17) is 9.47 Å². The lowest BCUT2D eigenvalue weighted by atomic mass is 9.78. The number of anilines is 1. The SMILES string of the molecule is C.C.C.C.CCC(c1ccc(OC(=O)/C=C/c2ccccc2)cc1)C1C(=O)N(c2ccc(OC(=O)/C=C/c3ccccc3)cc2)C(=O)C1C. The molecule has 0 bridgehead atoms. The summed E-state index contributed by atoms with van der Waals surface area (Å²) >= 11 is 0. The van der Waals surface area contributed by atoms with Crippen LogP contribution in [0, 0.1) is 11.8 Å². The number of benzene rings is 4. The first-order valence-corrected chi connectivity index (χ1v) is 14.8. The smallest absolute Gasteiger partial charge is 0.336 e. The molecule has 1 saturated heterocycles. The van der Waals surface area contributed by atoms with Crippen LogP contribution in [0.3, 0.4) is 0 Å². The van der Waals surface area contributed by atoms with Gasteiger partial charge < -0.3 is 9.47 Å². The molecule has 49 heavy (non-hydrogen) atoms. The quantitative estimate of drug-likeness (QED) is 0.0726. The summed E-state index contributed by atoms with van der Waals surface area (Å²) in [6.45, 7) is 3.76. The second kappa shape index (κ2) is 19.3. The van der Waals surface area contributed by atoms with E-state index in [-0.39, 0.29) is 47.4 Å². The number of hydrogen-bond acceptors (Lipinski definition) is 6. The summed E-state index contributed by atoms with van der Waals surface area (Å²) in [5.74, 6) is -2.24. The van der Waals surface area contributed by atoms with Gasteiger partial charge in [-0.2, -0.15) is 0 Å². The molecule has 3 atom stereocenters. The van der Waals surface area contributed by atoms with Crippen molar-refractivity contribution in [3.8, 4) is 11.5 Å². The molecule has 4 aromatic rings. The normalized spacial score (nSPS) is 15.8. The highest BCUT2D eigenvalue weighted by atomic mass is 16.5. The van der Waals surface area contributed by atoms with Crippen LogP contribution in [0.25, 0.3) is 12.2 Å². The topological polar surface area (TPSA) is 90.0 Å². The van der Waals surface area contributed by atoms with E-state index >= 15 is 0 Å². The van der Waals surface area contributed by atoms with E-state index in [2.05, 4.69) is 0 Å². The Kier molecular flexibility index (Phi) is 16.3. The molecule has 1 heterocycles. The van der Waals surface area contributed by atoms with E-state index in [1.807, 2.05) is 79.7 Å². The molecular formula is C42H49NO6. The summed E-state index contributed by atoms with van der Waals surface area (Å²) in [7, 11) is 0. The molecule has 4 aromatic carbocycles. The molecule has 0 aliphatic carbocycles. The molecule has 1 fully saturated rings. The van der Waals surface area contributed by atoms with Gasteiger partial charge in [0, 0.05) is 18.1 Å². The Balaban J connectivity index is 0.00000300. The van der Waals surface area contributed by atoms with Crippen molar-refractivity contribution < 1.29 is 28.7 Å². The van der Waals surface area contributed by atoms with Crippen LogP contribution in [-0.2, 0) is 19.2 Å². The number of nitrogens with zero attached hydrogens (tertiary/aromatic N) is 1. The molecule has 3 unspecified atom stereocenters. The third-order valence-corrected chi connectivity index (χ3v) is 7.79. The van der Waals surface area contributed by atoms with E-state index in [0.29, 0.717) is 23.6 Å². The second-order valence-electron chi connectivity index (χ2n) is 10.7. The summed E-state index contributed by atoms with van der Waals surface area (Å²) in [4.78, 5) is 52.8. The van der Waals surface area contributed by atoms with Gasteiger partial charge in [0.05, 0.1) is 11.6 Å². The lowest BCUT2D eigenvalue weighted by Gasteiger charge is -2.24. The summed E-state index contributed by atoms with van der Waals surface area (Å²) in [5, 5.41) is 0. The maximum Gasteiger partial charge on any atom is 0.336 e. The number of esters is 2. The fourth-order valence-electron chi connectivity index (χ4n) is 5.50. The zero-order valence-electron chi connectivity index (χ0n) is 25.0. The van der Waals surface area contributed by atoms with Gasteiger partial charge in [0.1, 0.15) is 11.5 Å². The summed E-state index contributed by atoms with van der Waals surface area (Å²) < 4.78 is 10.8. The highest BCUT2D eigenvalue weighted by molar-refractivity contribution is 6.22. The minimum Gasteiger partial charge on any atom is -0.423 e. The fraction of sp³-hybridized carbons (Fsp3) is 0.238. The predicted octanol–water partition coefficient (Wildman–Crippen LogP) is 9.79. The Hall–Kier alpha value is -5.56. The van der Waals surface area contributed by atoms with Gasteiger partial charge in [-0.25, -0.2) is 9.59 Å². The molecular weight excluding hydrogens is 614 g/mol. The molecule has 0 spiro atoms. The van der Waals surface area contributed by atoms with Crippen LogP contribution in [0.4, 0.5) is 5.69 Å². The number of carbonyl (C=O) groups is 4. The molecule has 1 aliphatic rings. The molecule has 5 rings (SSSR count). The number of hydrogen-bond donors (Lipinski definition) is 0. The molecule has 1 aliphatic heterocycles. The van der Waals surface area contributed by atoms with E-state index in [9.17, 15) is 19.2 Å². The predicted molar refractivity (Wildman–Crippen MR) is 200 cm³/mol. The maximum atomic E-state index is 13.7. The van der Waals surface area contributed by atoms with Crippen molar-refractivity contribution in [3.63, 3.8) is 0 Å². The van der Waals surface area contributed by atoms with Gasteiger partial charge >= 0.3 is 11.9 Å². The van der Waals surface area contributed by atoms with Crippen molar-refractivity contribution in [2.75, 3.05) is 4.90 Å². The number of imide groups is 1. The molecule has 258 valence electrons. The van der Waals surface area contributed by atoms with Gasteiger partial charge in [-0.3, -0.25) is 14.5 Å². The lowest BCUT2D eigenvalue weighted by molar-refractivity contribution is -0.129. The largest absolute Gasteiger partial charge is 0.423 e. The molecule has 2 amide bonds. The monoisotopic (exact) mass is 663 g/mol. The van der Waals surface area contributed by atoms with Crippen LogP contribution in [0.2, 0.25) is 0 Å². The highest BCUT2D eigenvalue weighted by Crippen LogP contribution is 2.41. The standard InChI is InChI=1S/C38H33NO6.4CH4/c1-3-33(29-16-20-31(21-17-29)44-34(40)24-14-27-10-6-4-7-11-27)36-26(2)37(42)39(38(36)43)30-18-22-32(23-19-30)45-35(41)25-15-28-12-8-5-9-13-28;;;;/h4-26,33,36H,3H2,1-2H3;4*1H4/b24-14+,25-15+;;;;. The molecule has 7 nitrogen and oxygen atoms in total. The zero-order chi connectivity index (χ0) is 31.8. The Morgan fingerprint density at radius 1 is 0.653 bits per heavy atom. The van der Waals surface area contributed by atoms with Crippen molar-refractivity contribution in [2.45, 2.75) is 55.9 Å². The van der Waals surface area contributed by atoms with Gasteiger partial charge in [-0.15, -0.1) is 0 Å². The molecule has 7 heteroatoms. The van der Waals surface area contributed by atoms with Gasteiger partial charge in [0.15, 0.2) is 0 Å². The molecule has 0 radical (unpaired) electrons. The van der Waals surface area contributed by atoms with Gasteiger partial charge in [0.25, 0.3) is 0 Å². The van der Waals surface area contributed by atoms with Crippen LogP contribution in [0.15, 0.2) is 121 Å². The third kappa shape index (κ3) is 10.2. The number of amides is 2. The first-order valence-electron chi connectivity index (χ1n) is 14.8. The summed E-state index contributed by atoms with van der Waals surface area (Å²) in [5.41, 5.74) is 3.06. The molecule has 0 saturated carbocycles. The number of ether oxygens (including phenoxy) is 2.